The molecule has 104 valence electrons. The fourth-order valence-electron chi connectivity index (χ4n) is 3.41. The van der Waals surface area contributed by atoms with Crippen molar-refractivity contribution in [3.63, 3.8) is 0 Å². The summed E-state index contributed by atoms with van der Waals surface area (Å²) in [7, 11) is 0. The van der Waals surface area contributed by atoms with Gasteiger partial charge >= 0.3 is 0 Å². The van der Waals surface area contributed by atoms with E-state index in [1.807, 2.05) is 0 Å². The first kappa shape index (κ1) is 13.2. The average molecular weight is 257 g/mol. The van der Waals surface area contributed by atoms with Crippen molar-refractivity contribution >= 4 is 0 Å². The van der Waals surface area contributed by atoms with Crippen molar-refractivity contribution in [1.29, 1.82) is 0 Å². The second kappa shape index (κ2) is 6.09. The molecule has 2 aliphatic carbocycles. The summed E-state index contributed by atoms with van der Waals surface area (Å²) in [5, 5.41) is 3.77. The van der Waals surface area contributed by atoms with Gasteiger partial charge in [-0.3, -0.25) is 0 Å². The molecule has 2 aliphatic rings. The Kier molecular flexibility index (Phi) is 4.22. The lowest BCUT2D eigenvalue weighted by molar-refractivity contribution is 0.285. The highest BCUT2D eigenvalue weighted by Crippen LogP contribution is 2.40. The van der Waals surface area contributed by atoms with Crippen LogP contribution in [0.1, 0.15) is 68.9 Å². The van der Waals surface area contributed by atoms with Crippen molar-refractivity contribution in [2.45, 2.75) is 70.4 Å². The Bertz CT molecular complexity index is 400. The van der Waals surface area contributed by atoms with Gasteiger partial charge in [-0.15, -0.1) is 0 Å². The van der Waals surface area contributed by atoms with Crippen LogP contribution in [0.15, 0.2) is 24.3 Å². The van der Waals surface area contributed by atoms with E-state index >= 15 is 0 Å². The van der Waals surface area contributed by atoms with Crippen LogP contribution in [0.3, 0.4) is 0 Å². The summed E-state index contributed by atoms with van der Waals surface area (Å²) in [4.78, 5) is 0. The SMILES string of the molecule is CCC1CCC(NCc2cccc(C3CC3)c2)CC1. The van der Waals surface area contributed by atoms with Gasteiger partial charge in [0.15, 0.2) is 0 Å². The van der Waals surface area contributed by atoms with Crippen LogP contribution in [0.2, 0.25) is 0 Å². The van der Waals surface area contributed by atoms with Crippen LogP contribution in [0.5, 0.6) is 0 Å². The quantitative estimate of drug-likeness (QED) is 0.811. The van der Waals surface area contributed by atoms with E-state index in [2.05, 4.69) is 36.5 Å². The molecule has 3 rings (SSSR count). The van der Waals surface area contributed by atoms with Crippen LogP contribution >= 0.6 is 0 Å². The molecule has 1 aromatic carbocycles. The molecule has 19 heavy (non-hydrogen) atoms. The van der Waals surface area contributed by atoms with Gasteiger partial charge in [-0.25, -0.2) is 0 Å². The molecule has 1 heteroatoms. The van der Waals surface area contributed by atoms with E-state index in [1.165, 1.54) is 50.5 Å². The summed E-state index contributed by atoms with van der Waals surface area (Å²) in [6.07, 6.45) is 9.78. The standard InChI is InChI=1S/C18H27N/c1-2-14-6-10-18(11-7-14)19-13-15-4-3-5-17(12-15)16-8-9-16/h3-5,12,14,16,18-19H,2,6-11,13H2,1H3. The van der Waals surface area contributed by atoms with Crippen molar-refractivity contribution in [2.24, 2.45) is 5.92 Å². The summed E-state index contributed by atoms with van der Waals surface area (Å²) in [5.41, 5.74) is 3.04. The fraction of sp³-hybridized carbons (Fsp3) is 0.667. The van der Waals surface area contributed by atoms with Gasteiger partial charge in [0, 0.05) is 12.6 Å². The Hall–Kier alpha value is -0.820. The normalized spacial score (nSPS) is 27.4. The minimum atomic E-state index is 0.757. The Labute approximate surface area is 117 Å². The van der Waals surface area contributed by atoms with E-state index in [0.29, 0.717) is 0 Å². The van der Waals surface area contributed by atoms with Gasteiger partial charge in [-0.05, 0) is 61.5 Å². The lowest BCUT2D eigenvalue weighted by atomic mass is 9.84. The highest BCUT2D eigenvalue weighted by atomic mass is 14.9. The minimum Gasteiger partial charge on any atom is -0.310 e. The predicted octanol–water partition coefficient (Wildman–Crippen LogP) is 4.62. The Morgan fingerprint density at radius 2 is 1.84 bits per heavy atom. The molecule has 1 nitrogen and oxygen atoms in total. The van der Waals surface area contributed by atoms with Crippen LogP contribution in [-0.4, -0.2) is 6.04 Å². The number of rotatable bonds is 5. The van der Waals surface area contributed by atoms with Crippen LogP contribution < -0.4 is 5.32 Å². The van der Waals surface area contributed by atoms with Gasteiger partial charge in [-0.1, -0.05) is 37.6 Å². The zero-order chi connectivity index (χ0) is 13.1. The third-order valence-corrected chi connectivity index (χ3v) is 5.02. The smallest absolute Gasteiger partial charge is 0.0208 e. The molecule has 0 aliphatic heterocycles. The first-order chi connectivity index (χ1) is 9.35. The molecule has 0 atom stereocenters. The second-order valence-electron chi connectivity index (χ2n) is 6.53. The van der Waals surface area contributed by atoms with Gasteiger partial charge in [-0.2, -0.15) is 0 Å². The highest BCUT2D eigenvalue weighted by molar-refractivity contribution is 5.29. The lowest BCUT2D eigenvalue weighted by Crippen LogP contribution is -2.32. The molecule has 0 bridgehead atoms. The number of benzene rings is 1. The van der Waals surface area contributed by atoms with E-state index in [-0.39, 0.29) is 0 Å². The summed E-state index contributed by atoms with van der Waals surface area (Å²) in [6, 6.07) is 9.98. The van der Waals surface area contributed by atoms with Gasteiger partial charge in [0.25, 0.3) is 0 Å². The largest absolute Gasteiger partial charge is 0.310 e. The summed E-state index contributed by atoms with van der Waals surface area (Å²) in [5.74, 6) is 1.87. The molecule has 0 radical (unpaired) electrons. The van der Waals surface area contributed by atoms with Crippen molar-refractivity contribution in [3.05, 3.63) is 35.4 Å². The molecule has 2 saturated carbocycles. The second-order valence-corrected chi connectivity index (χ2v) is 6.53. The topological polar surface area (TPSA) is 12.0 Å². The Morgan fingerprint density at radius 3 is 2.53 bits per heavy atom. The first-order valence-corrected chi connectivity index (χ1v) is 8.17. The van der Waals surface area contributed by atoms with Crippen LogP contribution in [0.4, 0.5) is 0 Å². The third kappa shape index (κ3) is 3.60. The molecule has 1 aromatic rings. The number of nitrogens with one attached hydrogen (secondary N) is 1. The van der Waals surface area contributed by atoms with Crippen LogP contribution in [0.25, 0.3) is 0 Å². The molecular formula is C18H27N. The van der Waals surface area contributed by atoms with E-state index in [9.17, 15) is 0 Å². The number of hydrogen-bond donors (Lipinski definition) is 1. The van der Waals surface area contributed by atoms with Crippen molar-refractivity contribution in [1.82, 2.24) is 5.32 Å². The molecule has 0 unspecified atom stereocenters. The Morgan fingerprint density at radius 1 is 1.05 bits per heavy atom. The van der Waals surface area contributed by atoms with Crippen molar-refractivity contribution in [3.8, 4) is 0 Å². The molecule has 1 N–H and O–H groups in total. The van der Waals surface area contributed by atoms with Crippen molar-refractivity contribution < 1.29 is 0 Å². The summed E-state index contributed by atoms with van der Waals surface area (Å²) >= 11 is 0. The first-order valence-electron chi connectivity index (χ1n) is 8.17. The lowest BCUT2D eigenvalue weighted by Gasteiger charge is -2.28. The summed E-state index contributed by atoms with van der Waals surface area (Å²) in [6.45, 7) is 3.39. The van der Waals surface area contributed by atoms with Gasteiger partial charge < -0.3 is 5.32 Å². The molecule has 0 saturated heterocycles. The summed E-state index contributed by atoms with van der Waals surface area (Å²) < 4.78 is 0. The zero-order valence-corrected chi connectivity index (χ0v) is 12.2. The van der Waals surface area contributed by atoms with Gasteiger partial charge in [0.2, 0.25) is 0 Å². The molecule has 0 amide bonds. The van der Waals surface area contributed by atoms with Crippen LogP contribution in [-0.2, 0) is 6.54 Å². The molecule has 0 spiro atoms. The highest BCUT2D eigenvalue weighted by Gasteiger charge is 2.23. The van der Waals surface area contributed by atoms with E-state index in [0.717, 1.165) is 24.4 Å². The average Bonchev–Trinajstić information content (AvgIpc) is 3.31. The van der Waals surface area contributed by atoms with Crippen molar-refractivity contribution in [2.75, 3.05) is 0 Å². The molecular weight excluding hydrogens is 230 g/mol. The van der Waals surface area contributed by atoms with E-state index in [4.69, 9.17) is 0 Å². The molecule has 0 heterocycles. The minimum absolute atomic E-state index is 0.757. The molecule has 0 aromatic heterocycles. The maximum atomic E-state index is 3.77. The fourth-order valence-corrected chi connectivity index (χ4v) is 3.41. The predicted molar refractivity (Wildman–Crippen MR) is 81.3 cm³/mol. The monoisotopic (exact) mass is 257 g/mol. The Balaban J connectivity index is 1.48. The molecule has 2 fully saturated rings. The maximum Gasteiger partial charge on any atom is 0.0208 e. The van der Waals surface area contributed by atoms with Gasteiger partial charge in [0.05, 0.1) is 0 Å². The zero-order valence-electron chi connectivity index (χ0n) is 12.2. The number of hydrogen-bond acceptors (Lipinski definition) is 1. The van der Waals surface area contributed by atoms with Crippen LogP contribution in [0, 0.1) is 5.92 Å². The third-order valence-electron chi connectivity index (χ3n) is 5.02. The van der Waals surface area contributed by atoms with E-state index < -0.39 is 0 Å². The van der Waals surface area contributed by atoms with Gasteiger partial charge in [0.1, 0.15) is 0 Å². The maximum absolute atomic E-state index is 3.77. The van der Waals surface area contributed by atoms with E-state index in [1.54, 1.807) is 5.56 Å².